The van der Waals surface area contributed by atoms with Crippen LogP contribution in [0.3, 0.4) is 0 Å². The average Bonchev–Trinajstić information content (AvgIpc) is 2.93. The second-order valence-corrected chi connectivity index (χ2v) is 6.46. The predicted molar refractivity (Wildman–Crippen MR) is 82.7 cm³/mol. The zero-order chi connectivity index (χ0) is 16.2. The summed E-state index contributed by atoms with van der Waals surface area (Å²) in [6.07, 6.45) is 1.80. The lowest BCUT2D eigenvalue weighted by Crippen LogP contribution is -2.23. The first-order chi connectivity index (χ1) is 10.4. The molecule has 2 rings (SSSR count). The summed E-state index contributed by atoms with van der Waals surface area (Å²) in [6.45, 7) is 4.21. The fourth-order valence-electron chi connectivity index (χ4n) is 1.85. The van der Waals surface area contributed by atoms with Crippen LogP contribution in [-0.2, 0) is 27.9 Å². The Hall–Kier alpha value is -2.19. The predicted octanol–water partition coefficient (Wildman–Crippen LogP) is 1.34. The Balaban J connectivity index is 2.04. The Bertz CT molecular complexity index is 751. The molecular weight excluding hydrogens is 304 g/mol. The van der Waals surface area contributed by atoms with Crippen molar-refractivity contribution in [2.24, 2.45) is 0 Å². The third-order valence-electron chi connectivity index (χ3n) is 2.95. The molecule has 1 aromatic carbocycles. The van der Waals surface area contributed by atoms with Gasteiger partial charge in [-0.25, -0.2) is 13.1 Å². The molecule has 0 aliphatic rings. The largest absolute Gasteiger partial charge is 0.326 e. The Kier molecular flexibility index (Phi) is 4.94. The lowest BCUT2D eigenvalue weighted by Gasteiger charge is -2.07. The third kappa shape index (κ3) is 4.15. The first-order valence-corrected chi connectivity index (χ1v) is 8.28. The summed E-state index contributed by atoms with van der Waals surface area (Å²) < 4.78 is 28.6. The molecule has 1 amide bonds. The van der Waals surface area contributed by atoms with E-state index in [-0.39, 0.29) is 17.3 Å². The first-order valence-electron chi connectivity index (χ1n) is 6.80. The zero-order valence-electron chi connectivity index (χ0n) is 12.4. The summed E-state index contributed by atoms with van der Waals surface area (Å²) in [4.78, 5) is 11.1. The number of hydrogen-bond donors (Lipinski definition) is 2. The number of amides is 1. The molecule has 0 aliphatic heterocycles. The van der Waals surface area contributed by atoms with Crippen LogP contribution < -0.4 is 10.0 Å². The van der Waals surface area contributed by atoms with Gasteiger partial charge in [0.15, 0.2) is 0 Å². The van der Waals surface area contributed by atoms with Crippen LogP contribution in [0.2, 0.25) is 0 Å². The van der Waals surface area contributed by atoms with E-state index in [2.05, 4.69) is 15.1 Å². The molecule has 0 aliphatic carbocycles. The number of anilines is 1. The van der Waals surface area contributed by atoms with E-state index in [9.17, 15) is 13.2 Å². The highest BCUT2D eigenvalue weighted by molar-refractivity contribution is 7.89. The van der Waals surface area contributed by atoms with Crippen LogP contribution in [0.5, 0.6) is 0 Å². The fourth-order valence-corrected chi connectivity index (χ4v) is 2.85. The first kappa shape index (κ1) is 16.2. The molecule has 8 heteroatoms. The van der Waals surface area contributed by atoms with E-state index in [1.807, 2.05) is 6.92 Å². The lowest BCUT2D eigenvalue weighted by atomic mass is 10.3. The van der Waals surface area contributed by atoms with Crippen molar-refractivity contribution in [3.8, 4) is 0 Å². The van der Waals surface area contributed by atoms with Crippen molar-refractivity contribution in [3.05, 3.63) is 42.2 Å². The van der Waals surface area contributed by atoms with Crippen LogP contribution in [0.1, 0.15) is 19.5 Å². The maximum absolute atomic E-state index is 12.2. The molecule has 0 spiro atoms. The smallest absolute Gasteiger partial charge is 0.240 e. The highest BCUT2D eigenvalue weighted by Gasteiger charge is 2.14. The highest BCUT2D eigenvalue weighted by Crippen LogP contribution is 2.14. The molecule has 2 N–H and O–H groups in total. The van der Waals surface area contributed by atoms with Gasteiger partial charge >= 0.3 is 0 Å². The fraction of sp³-hybridized carbons (Fsp3) is 0.286. The van der Waals surface area contributed by atoms with Gasteiger partial charge in [-0.15, -0.1) is 0 Å². The van der Waals surface area contributed by atoms with Crippen molar-refractivity contribution in [2.45, 2.75) is 31.8 Å². The van der Waals surface area contributed by atoms with Crippen LogP contribution in [0.15, 0.2) is 41.4 Å². The molecule has 0 atom stereocenters. The van der Waals surface area contributed by atoms with Gasteiger partial charge in [0.1, 0.15) is 0 Å². The molecule has 7 nitrogen and oxygen atoms in total. The maximum atomic E-state index is 12.2. The molecule has 0 radical (unpaired) electrons. The summed E-state index contributed by atoms with van der Waals surface area (Å²) in [6, 6.07) is 7.74. The number of nitrogens with one attached hydrogen (secondary N) is 2. The minimum atomic E-state index is -3.61. The van der Waals surface area contributed by atoms with Crippen molar-refractivity contribution in [1.29, 1.82) is 0 Å². The molecule has 118 valence electrons. The Morgan fingerprint density at radius 2 is 1.91 bits per heavy atom. The van der Waals surface area contributed by atoms with Gasteiger partial charge in [0, 0.05) is 25.4 Å². The van der Waals surface area contributed by atoms with Gasteiger partial charge in [-0.05, 0) is 37.3 Å². The lowest BCUT2D eigenvalue weighted by molar-refractivity contribution is -0.114. The number of hydrogen-bond acceptors (Lipinski definition) is 4. The van der Waals surface area contributed by atoms with E-state index in [0.717, 1.165) is 6.54 Å². The number of carbonyl (C=O) groups is 1. The van der Waals surface area contributed by atoms with E-state index in [0.29, 0.717) is 11.4 Å². The van der Waals surface area contributed by atoms with E-state index in [1.54, 1.807) is 29.1 Å². The zero-order valence-corrected chi connectivity index (χ0v) is 13.2. The molecular formula is C14H18N4O3S. The molecule has 0 saturated carbocycles. The Morgan fingerprint density at radius 1 is 1.23 bits per heavy atom. The highest BCUT2D eigenvalue weighted by atomic mass is 32.2. The Labute approximate surface area is 129 Å². The molecule has 22 heavy (non-hydrogen) atoms. The number of rotatable bonds is 6. The van der Waals surface area contributed by atoms with E-state index >= 15 is 0 Å². The van der Waals surface area contributed by atoms with Gasteiger partial charge in [0.2, 0.25) is 15.9 Å². The second-order valence-electron chi connectivity index (χ2n) is 4.69. The number of carbonyl (C=O) groups excluding carboxylic acids is 1. The van der Waals surface area contributed by atoms with E-state index in [4.69, 9.17) is 0 Å². The molecule has 0 saturated heterocycles. The monoisotopic (exact) mass is 322 g/mol. The van der Waals surface area contributed by atoms with Crippen molar-refractivity contribution in [3.63, 3.8) is 0 Å². The van der Waals surface area contributed by atoms with Crippen molar-refractivity contribution in [2.75, 3.05) is 5.32 Å². The molecule has 1 aromatic heterocycles. The number of aromatic nitrogens is 2. The SMILES string of the molecule is CCn1ccc(CNS(=O)(=O)c2ccc(NC(C)=O)cc2)n1. The van der Waals surface area contributed by atoms with E-state index in [1.165, 1.54) is 19.1 Å². The quantitative estimate of drug-likeness (QED) is 0.839. The van der Waals surface area contributed by atoms with Gasteiger partial charge in [-0.1, -0.05) is 0 Å². The molecule has 1 heterocycles. The topological polar surface area (TPSA) is 93.1 Å². The molecule has 0 fully saturated rings. The summed E-state index contributed by atoms with van der Waals surface area (Å²) in [5.41, 5.74) is 1.20. The number of nitrogens with zero attached hydrogens (tertiary/aromatic N) is 2. The number of benzene rings is 1. The molecule has 0 unspecified atom stereocenters. The van der Waals surface area contributed by atoms with Gasteiger partial charge in [0.25, 0.3) is 0 Å². The van der Waals surface area contributed by atoms with Gasteiger partial charge in [-0.2, -0.15) is 5.10 Å². The van der Waals surface area contributed by atoms with E-state index < -0.39 is 10.0 Å². The normalized spacial score (nSPS) is 11.4. The summed E-state index contributed by atoms with van der Waals surface area (Å²) in [7, 11) is -3.61. The van der Waals surface area contributed by atoms with Gasteiger partial charge in [0.05, 0.1) is 17.1 Å². The van der Waals surface area contributed by atoms with Crippen LogP contribution >= 0.6 is 0 Å². The maximum Gasteiger partial charge on any atom is 0.240 e. The number of sulfonamides is 1. The van der Waals surface area contributed by atoms with Crippen molar-refractivity contribution < 1.29 is 13.2 Å². The van der Waals surface area contributed by atoms with Crippen LogP contribution in [0.25, 0.3) is 0 Å². The minimum absolute atomic E-state index is 0.128. The second kappa shape index (κ2) is 6.71. The molecule has 0 bridgehead atoms. The Morgan fingerprint density at radius 3 is 2.45 bits per heavy atom. The van der Waals surface area contributed by atoms with Crippen LogP contribution in [0.4, 0.5) is 5.69 Å². The van der Waals surface area contributed by atoms with Crippen LogP contribution in [0, 0.1) is 0 Å². The van der Waals surface area contributed by atoms with Crippen molar-refractivity contribution >= 4 is 21.6 Å². The minimum Gasteiger partial charge on any atom is -0.326 e. The standard InChI is InChI=1S/C14H18N4O3S/c1-3-18-9-8-13(17-18)10-15-22(20,21)14-6-4-12(5-7-14)16-11(2)19/h4-9,15H,3,10H2,1-2H3,(H,16,19). The average molecular weight is 322 g/mol. The number of aryl methyl sites for hydroxylation is 1. The van der Waals surface area contributed by atoms with Gasteiger partial charge < -0.3 is 5.32 Å². The third-order valence-corrected chi connectivity index (χ3v) is 4.37. The van der Waals surface area contributed by atoms with Crippen molar-refractivity contribution in [1.82, 2.24) is 14.5 Å². The summed E-state index contributed by atoms with van der Waals surface area (Å²) in [5, 5.41) is 6.80. The van der Waals surface area contributed by atoms with Crippen LogP contribution in [-0.4, -0.2) is 24.1 Å². The van der Waals surface area contributed by atoms with Gasteiger partial charge in [-0.3, -0.25) is 9.48 Å². The summed E-state index contributed by atoms with van der Waals surface area (Å²) in [5.74, 6) is -0.208. The molecule has 2 aromatic rings. The summed E-state index contributed by atoms with van der Waals surface area (Å²) >= 11 is 0.